The summed E-state index contributed by atoms with van der Waals surface area (Å²) in [6.07, 6.45) is 4.44. The van der Waals surface area contributed by atoms with Crippen LogP contribution in [-0.4, -0.2) is 12.6 Å². The van der Waals surface area contributed by atoms with E-state index in [0.29, 0.717) is 16.7 Å². The van der Waals surface area contributed by atoms with Crippen molar-refractivity contribution in [1.82, 2.24) is 5.48 Å². The van der Waals surface area contributed by atoms with E-state index in [0.717, 1.165) is 12.0 Å². The van der Waals surface area contributed by atoms with Crippen LogP contribution in [-0.2, 0) is 4.84 Å². The smallest absolute Gasteiger partial charge is 0.0701 e. The highest BCUT2D eigenvalue weighted by Crippen LogP contribution is 2.26. The molecule has 0 aliphatic carbocycles. The van der Waals surface area contributed by atoms with Crippen LogP contribution < -0.4 is 5.48 Å². The van der Waals surface area contributed by atoms with Gasteiger partial charge >= 0.3 is 0 Å². The molecular weight excluding hydrogens is 221 g/mol. The number of hydroxylamine groups is 1. The van der Waals surface area contributed by atoms with Gasteiger partial charge in [-0.3, -0.25) is 0 Å². The van der Waals surface area contributed by atoms with Crippen LogP contribution in [0.25, 0.3) is 0 Å². The summed E-state index contributed by atoms with van der Waals surface area (Å²) in [6, 6.07) is 0.0708. The summed E-state index contributed by atoms with van der Waals surface area (Å²) in [7, 11) is 0. The van der Waals surface area contributed by atoms with E-state index in [1.807, 2.05) is 13.0 Å². The van der Waals surface area contributed by atoms with E-state index in [4.69, 9.17) is 28.0 Å². The van der Waals surface area contributed by atoms with Gasteiger partial charge in [-0.15, -0.1) is 0 Å². The van der Waals surface area contributed by atoms with Gasteiger partial charge < -0.3 is 4.84 Å². The Balaban J connectivity index is 2.72. The van der Waals surface area contributed by atoms with Gasteiger partial charge in [0, 0.05) is 0 Å². The fraction of sp³-hybridized carbons (Fsp3) is 0.400. The maximum absolute atomic E-state index is 6.04. The molecule has 1 saturated heterocycles. The van der Waals surface area contributed by atoms with Crippen LogP contribution >= 0.6 is 23.2 Å². The second-order valence-electron chi connectivity index (χ2n) is 2.99. The van der Waals surface area contributed by atoms with E-state index < -0.39 is 0 Å². The molecule has 78 valence electrons. The zero-order chi connectivity index (χ0) is 10.6. The molecule has 0 spiro atoms. The molecule has 1 rings (SSSR count). The zero-order valence-corrected chi connectivity index (χ0v) is 9.53. The number of hydrogen-bond acceptors (Lipinski definition) is 2. The van der Waals surface area contributed by atoms with Gasteiger partial charge in [0.1, 0.15) is 0 Å². The summed E-state index contributed by atoms with van der Waals surface area (Å²) in [5.41, 5.74) is 3.60. The lowest BCUT2D eigenvalue weighted by Crippen LogP contribution is -2.22. The van der Waals surface area contributed by atoms with E-state index >= 15 is 0 Å². The van der Waals surface area contributed by atoms with Crippen LogP contribution in [0.2, 0.25) is 0 Å². The van der Waals surface area contributed by atoms with Crippen LogP contribution in [0, 0.1) is 0 Å². The van der Waals surface area contributed by atoms with Gasteiger partial charge in [0.15, 0.2) is 0 Å². The summed E-state index contributed by atoms with van der Waals surface area (Å²) in [6.45, 7) is 6.45. The molecule has 14 heavy (non-hydrogen) atoms. The molecule has 1 atom stereocenters. The average Bonchev–Trinajstić information content (AvgIpc) is 2.68. The Morgan fingerprint density at radius 2 is 2.29 bits per heavy atom. The van der Waals surface area contributed by atoms with E-state index in [1.54, 1.807) is 6.08 Å². The molecular formula is C10H13Cl2NO. The number of rotatable bonds is 3. The molecule has 0 amide bonds. The molecule has 4 heteroatoms. The topological polar surface area (TPSA) is 21.3 Å². The standard InChI is InChI=1S/C10H13Cl2NO/c1-3-4-8(11)10(12)7(2)9-5-6-14-13-9/h3-4,9,13H,2,5-6H2,1H3/b4-3-,10-8-/t9-/m1/s1. The molecule has 0 unspecified atom stereocenters. The summed E-state index contributed by atoms with van der Waals surface area (Å²) in [4.78, 5) is 5.01. The Hall–Kier alpha value is -0.280. The molecule has 0 aromatic carbocycles. The maximum atomic E-state index is 6.04. The first-order valence-electron chi connectivity index (χ1n) is 4.41. The molecule has 1 heterocycles. The predicted octanol–water partition coefficient (Wildman–Crippen LogP) is 3.10. The fourth-order valence-corrected chi connectivity index (χ4v) is 1.61. The van der Waals surface area contributed by atoms with Crippen LogP contribution in [0.3, 0.4) is 0 Å². The van der Waals surface area contributed by atoms with Crippen LogP contribution in [0.1, 0.15) is 13.3 Å². The zero-order valence-electron chi connectivity index (χ0n) is 8.02. The lowest BCUT2D eigenvalue weighted by molar-refractivity contribution is 0.0934. The molecule has 1 aliphatic heterocycles. The van der Waals surface area contributed by atoms with Crippen molar-refractivity contribution in [3.63, 3.8) is 0 Å². The normalized spacial score (nSPS) is 24.1. The molecule has 0 radical (unpaired) electrons. The highest BCUT2D eigenvalue weighted by Gasteiger charge is 2.21. The third kappa shape index (κ3) is 2.85. The Morgan fingerprint density at radius 1 is 1.57 bits per heavy atom. The van der Waals surface area contributed by atoms with Crippen molar-refractivity contribution in [2.45, 2.75) is 19.4 Å². The Labute approximate surface area is 94.2 Å². The second kappa shape index (κ2) is 5.56. The predicted molar refractivity (Wildman–Crippen MR) is 60.2 cm³/mol. The van der Waals surface area contributed by atoms with Gasteiger partial charge in [0.05, 0.1) is 22.7 Å². The van der Waals surface area contributed by atoms with Gasteiger partial charge in [0.2, 0.25) is 0 Å². The monoisotopic (exact) mass is 233 g/mol. The van der Waals surface area contributed by atoms with E-state index in [2.05, 4.69) is 12.1 Å². The minimum Gasteiger partial charge on any atom is -0.301 e. The van der Waals surface area contributed by atoms with Gasteiger partial charge in [-0.25, -0.2) is 0 Å². The SMILES string of the molecule is C=C(/C(Cl)=C(Cl)\C=C/C)[C@H]1CCON1. The highest BCUT2D eigenvalue weighted by molar-refractivity contribution is 6.41. The largest absolute Gasteiger partial charge is 0.301 e. The maximum Gasteiger partial charge on any atom is 0.0701 e. The number of allylic oxidation sites excluding steroid dienone is 3. The molecule has 1 aliphatic rings. The van der Waals surface area contributed by atoms with Crippen molar-refractivity contribution < 1.29 is 4.84 Å². The minimum absolute atomic E-state index is 0.0708. The third-order valence-electron chi connectivity index (χ3n) is 1.96. The Bertz CT molecular complexity index is 278. The second-order valence-corrected chi connectivity index (χ2v) is 3.78. The van der Waals surface area contributed by atoms with Crippen LogP contribution in [0.15, 0.2) is 34.4 Å². The Kier molecular flexibility index (Phi) is 4.69. The molecule has 1 N–H and O–H groups in total. The fourth-order valence-electron chi connectivity index (χ4n) is 1.17. The van der Waals surface area contributed by atoms with Gasteiger partial charge in [-0.1, -0.05) is 35.9 Å². The highest BCUT2D eigenvalue weighted by atomic mass is 35.5. The first-order valence-corrected chi connectivity index (χ1v) is 5.17. The number of hydrogen-bond donors (Lipinski definition) is 1. The summed E-state index contributed by atoms with van der Waals surface area (Å²) in [5, 5.41) is 1.00. The van der Waals surface area contributed by atoms with Crippen molar-refractivity contribution in [2.75, 3.05) is 6.61 Å². The van der Waals surface area contributed by atoms with Gasteiger partial charge in [0.25, 0.3) is 0 Å². The first kappa shape index (κ1) is 11.8. The lowest BCUT2D eigenvalue weighted by atomic mass is 10.1. The summed E-state index contributed by atoms with van der Waals surface area (Å²) >= 11 is 12.0. The van der Waals surface area contributed by atoms with Crippen LogP contribution in [0.4, 0.5) is 0 Å². The quantitative estimate of drug-likeness (QED) is 0.757. The summed E-state index contributed by atoms with van der Waals surface area (Å²) in [5.74, 6) is 0. The van der Waals surface area contributed by atoms with E-state index in [9.17, 15) is 0 Å². The molecule has 0 aromatic rings. The van der Waals surface area contributed by atoms with Crippen molar-refractivity contribution in [1.29, 1.82) is 0 Å². The van der Waals surface area contributed by atoms with Crippen molar-refractivity contribution in [3.05, 3.63) is 34.4 Å². The lowest BCUT2D eigenvalue weighted by Gasteiger charge is -2.11. The molecule has 2 nitrogen and oxygen atoms in total. The van der Waals surface area contributed by atoms with Crippen molar-refractivity contribution in [2.24, 2.45) is 0 Å². The van der Waals surface area contributed by atoms with E-state index in [-0.39, 0.29) is 6.04 Å². The van der Waals surface area contributed by atoms with E-state index in [1.165, 1.54) is 0 Å². The third-order valence-corrected chi connectivity index (χ3v) is 2.82. The summed E-state index contributed by atoms with van der Waals surface area (Å²) < 4.78 is 0. The van der Waals surface area contributed by atoms with Gasteiger partial charge in [-0.05, 0) is 25.0 Å². The van der Waals surface area contributed by atoms with Gasteiger partial charge in [-0.2, -0.15) is 5.48 Å². The van der Waals surface area contributed by atoms with Crippen molar-refractivity contribution >= 4 is 23.2 Å². The average molecular weight is 234 g/mol. The van der Waals surface area contributed by atoms with Crippen molar-refractivity contribution in [3.8, 4) is 0 Å². The Morgan fingerprint density at radius 3 is 2.79 bits per heavy atom. The molecule has 0 aromatic heterocycles. The minimum atomic E-state index is 0.0708. The number of nitrogens with one attached hydrogen (secondary N) is 1. The number of halogens is 2. The molecule has 0 bridgehead atoms. The molecule has 1 fully saturated rings. The molecule has 0 saturated carbocycles. The first-order chi connectivity index (χ1) is 6.66. The van der Waals surface area contributed by atoms with Crippen LogP contribution in [0.5, 0.6) is 0 Å².